The summed E-state index contributed by atoms with van der Waals surface area (Å²) < 4.78 is 1.93. The third kappa shape index (κ3) is 17.4. The van der Waals surface area contributed by atoms with E-state index in [9.17, 15) is 0 Å². The average molecular weight is 550 g/mol. The standard InChI is InChI=1S/C14H16N4.C7H8O.C7H16.C6H15N/c1-10(2)17-11(3)14-12(4)18(9-16-14)13-5-7-15-8-6-13;1-6-2-4-7(8)5-3-6;2*1-3-5-7-6-4-2/h5-9H,4H2,1-3H3;2-5,8H,1H3;3-7H2,1-2H3;7H,3-6H2,1-2H3/b14-11+;;;. The van der Waals surface area contributed by atoms with Gasteiger partial charge in [0.05, 0.1) is 16.7 Å². The van der Waals surface area contributed by atoms with E-state index in [-0.39, 0.29) is 0 Å². The summed E-state index contributed by atoms with van der Waals surface area (Å²) in [6, 6.07) is 10.9. The predicted octanol–water partition coefficient (Wildman–Crippen LogP) is 7.36. The minimum Gasteiger partial charge on any atom is -0.508 e. The van der Waals surface area contributed by atoms with Gasteiger partial charge < -0.3 is 10.4 Å². The van der Waals surface area contributed by atoms with Gasteiger partial charge in [-0.25, -0.2) is 4.98 Å². The van der Waals surface area contributed by atoms with Gasteiger partial charge in [0, 0.05) is 18.1 Å². The number of benzene rings is 1. The molecule has 2 N–H and O–H groups in total. The van der Waals surface area contributed by atoms with Crippen LogP contribution in [0.5, 0.6) is 5.75 Å². The molecule has 3 rings (SSSR count). The molecule has 40 heavy (non-hydrogen) atoms. The molecule has 0 unspecified atom stereocenters. The molecule has 2 heterocycles. The molecule has 0 amide bonds. The maximum Gasteiger partial charge on any atom is 0.115 e. The molecule has 0 spiro atoms. The lowest BCUT2D eigenvalue weighted by Gasteiger charge is -2.00. The van der Waals surface area contributed by atoms with E-state index < -0.39 is 0 Å². The summed E-state index contributed by atoms with van der Waals surface area (Å²) in [6.45, 7) is 23.1. The molecule has 6 nitrogen and oxygen atoms in total. The zero-order chi connectivity index (χ0) is 30.2. The zero-order valence-electron chi connectivity index (χ0n) is 26.5. The second-order valence-electron chi connectivity index (χ2n) is 9.91. The zero-order valence-corrected chi connectivity index (χ0v) is 26.5. The first kappa shape index (κ1) is 36.8. The molecule has 0 aliphatic carbocycles. The van der Waals surface area contributed by atoms with Crippen LogP contribution in [0.1, 0.15) is 99.0 Å². The third-order valence-electron chi connectivity index (χ3n) is 5.64. The van der Waals surface area contributed by atoms with Gasteiger partial charge in [-0.1, -0.05) is 84.1 Å². The quantitative estimate of drug-likeness (QED) is 0.205. The van der Waals surface area contributed by atoms with Crippen LogP contribution in [0.4, 0.5) is 0 Å². The molecule has 6 heteroatoms. The van der Waals surface area contributed by atoms with Gasteiger partial charge >= 0.3 is 0 Å². The Morgan fingerprint density at radius 2 is 1.40 bits per heavy atom. The fraction of sp³-hybridized carbons (Fsp3) is 0.500. The first-order valence-corrected chi connectivity index (χ1v) is 14.8. The van der Waals surface area contributed by atoms with Crippen LogP contribution in [0, 0.1) is 6.92 Å². The van der Waals surface area contributed by atoms with Gasteiger partial charge in [0.25, 0.3) is 0 Å². The Labute approximate surface area is 244 Å². The predicted molar refractivity (Wildman–Crippen MR) is 175 cm³/mol. The summed E-state index contributed by atoms with van der Waals surface area (Å²) in [6.07, 6.45) is 14.8. The van der Waals surface area contributed by atoms with E-state index in [4.69, 9.17) is 5.11 Å². The van der Waals surface area contributed by atoms with Crippen molar-refractivity contribution < 1.29 is 5.11 Å². The minimum atomic E-state index is 0.329. The van der Waals surface area contributed by atoms with Gasteiger partial charge in [0.2, 0.25) is 0 Å². The van der Waals surface area contributed by atoms with Gasteiger partial charge in [-0.05, 0) is 77.9 Å². The smallest absolute Gasteiger partial charge is 0.115 e. The number of aliphatic imine (C=N–C) groups is 1. The number of aromatic hydroxyl groups is 1. The second kappa shape index (κ2) is 23.6. The highest BCUT2D eigenvalue weighted by atomic mass is 16.3. The monoisotopic (exact) mass is 549 g/mol. The van der Waals surface area contributed by atoms with Crippen LogP contribution < -0.4 is 16.0 Å². The largest absolute Gasteiger partial charge is 0.508 e. The SMILES string of the molecule is C=c1/c(=C(/C)N=C(C)C)ncn1-c1ccncc1.CCCCCCC.CCCNCCC.Cc1ccc(O)cc1. The number of pyridine rings is 1. The van der Waals surface area contributed by atoms with E-state index in [0.717, 1.165) is 27.8 Å². The molecule has 0 saturated carbocycles. The summed E-state index contributed by atoms with van der Waals surface area (Å²) in [4.78, 5) is 12.8. The van der Waals surface area contributed by atoms with E-state index in [2.05, 4.69) is 54.6 Å². The molecule has 0 aliphatic heterocycles. The maximum atomic E-state index is 8.76. The number of imidazole rings is 1. The van der Waals surface area contributed by atoms with Crippen molar-refractivity contribution in [2.75, 3.05) is 13.1 Å². The summed E-state index contributed by atoms with van der Waals surface area (Å²) >= 11 is 0. The molecule has 0 fully saturated rings. The molecule has 3 aromatic rings. The van der Waals surface area contributed by atoms with Crippen LogP contribution in [0.2, 0.25) is 0 Å². The van der Waals surface area contributed by atoms with E-state index in [1.807, 2.05) is 56.5 Å². The van der Waals surface area contributed by atoms with Crippen molar-refractivity contribution in [3.63, 3.8) is 0 Å². The molecule has 0 radical (unpaired) electrons. The van der Waals surface area contributed by atoms with Gasteiger partial charge in [0.1, 0.15) is 17.4 Å². The van der Waals surface area contributed by atoms with Crippen molar-refractivity contribution in [2.24, 2.45) is 4.99 Å². The lowest BCUT2D eigenvalue weighted by atomic mass is 10.2. The molecule has 222 valence electrons. The normalized spacial score (nSPS) is 10.6. The number of hydrogen-bond acceptors (Lipinski definition) is 5. The Bertz CT molecular complexity index is 1110. The number of nitrogens with zero attached hydrogens (tertiary/aromatic N) is 4. The topological polar surface area (TPSA) is 75.3 Å². The van der Waals surface area contributed by atoms with Crippen molar-refractivity contribution in [3.8, 4) is 11.4 Å². The molecule has 1 aromatic carbocycles. The summed E-state index contributed by atoms with van der Waals surface area (Å²) in [7, 11) is 0. The van der Waals surface area contributed by atoms with Crippen molar-refractivity contribution >= 4 is 18.0 Å². The molecule has 0 aliphatic rings. The van der Waals surface area contributed by atoms with Crippen molar-refractivity contribution in [2.45, 2.75) is 100 Å². The van der Waals surface area contributed by atoms with Gasteiger partial charge in [-0.2, -0.15) is 0 Å². The number of nitrogens with one attached hydrogen (secondary N) is 1. The first-order chi connectivity index (χ1) is 19.2. The van der Waals surface area contributed by atoms with E-state index >= 15 is 0 Å². The highest BCUT2D eigenvalue weighted by molar-refractivity contribution is 5.82. The van der Waals surface area contributed by atoms with Crippen LogP contribution in [0.3, 0.4) is 0 Å². The minimum absolute atomic E-state index is 0.329. The van der Waals surface area contributed by atoms with Gasteiger partial charge in [0.15, 0.2) is 0 Å². The Kier molecular flexibility index (Phi) is 21.7. The van der Waals surface area contributed by atoms with Crippen LogP contribution in [0.25, 0.3) is 18.0 Å². The number of phenolic OH excluding ortho intramolecular Hbond substituents is 1. The third-order valence-corrected chi connectivity index (χ3v) is 5.64. The number of phenols is 1. The fourth-order valence-electron chi connectivity index (χ4n) is 3.49. The number of aromatic nitrogens is 3. The fourth-order valence-corrected chi connectivity index (χ4v) is 3.49. The Morgan fingerprint density at radius 3 is 1.85 bits per heavy atom. The van der Waals surface area contributed by atoms with Crippen molar-refractivity contribution in [1.82, 2.24) is 19.9 Å². The number of hydrogen-bond donors (Lipinski definition) is 2. The Morgan fingerprint density at radius 1 is 0.850 bits per heavy atom. The van der Waals surface area contributed by atoms with Crippen molar-refractivity contribution in [1.29, 1.82) is 0 Å². The molecule has 0 saturated heterocycles. The Balaban J connectivity index is 0.000000576. The summed E-state index contributed by atoms with van der Waals surface area (Å²) in [5.74, 6) is 0.329. The lowest BCUT2D eigenvalue weighted by molar-refractivity contribution is 0.475. The molecule has 0 atom stereocenters. The average Bonchev–Trinajstić information content (AvgIpc) is 3.33. The van der Waals surface area contributed by atoms with Crippen LogP contribution in [-0.2, 0) is 0 Å². The lowest BCUT2D eigenvalue weighted by Crippen LogP contribution is -2.29. The number of unbranched alkanes of at least 4 members (excludes halogenated alkanes) is 4. The second-order valence-corrected chi connectivity index (χ2v) is 9.91. The van der Waals surface area contributed by atoms with Gasteiger partial charge in [-0.15, -0.1) is 0 Å². The van der Waals surface area contributed by atoms with Crippen molar-refractivity contribution in [3.05, 3.63) is 71.4 Å². The Hall–Kier alpha value is -3.25. The van der Waals surface area contributed by atoms with Crippen LogP contribution in [0.15, 0.2) is 60.1 Å². The molecule has 0 bridgehead atoms. The molecular weight excluding hydrogens is 494 g/mol. The highest BCUT2D eigenvalue weighted by Gasteiger charge is 2.01. The van der Waals surface area contributed by atoms with Crippen LogP contribution in [-0.4, -0.2) is 38.4 Å². The van der Waals surface area contributed by atoms with E-state index in [1.165, 1.54) is 63.6 Å². The number of rotatable bonds is 10. The number of aryl methyl sites for hydroxylation is 1. The maximum absolute atomic E-state index is 8.76. The van der Waals surface area contributed by atoms with Crippen LogP contribution >= 0.6 is 0 Å². The highest BCUT2D eigenvalue weighted by Crippen LogP contribution is 2.07. The van der Waals surface area contributed by atoms with E-state index in [0.29, 0.717) is 5.75 Å². The summed E-state index contributed by atoms with van der Waals surface area (Å²) in [5, 5.41) is 13.7. The van der Waals surface area contributed by atoms with Gasteiger partial charge in [-0.3, -0.25) is 14.5 Å². The summed E-state index contributed by atoms with van der Waals surface area (Å²) in [5.41, 5.74) is 4.06. The first-order valence-electron chi connectivity index (χ1n) is 14.8. The molecular formula is C34H55N5O. The van der Waals surface area contributed by atoms with E-state index in [1.54, 1.807) is 30.9 Å². The molecule has 2 aromatic heterocycles.